The van der Waals surface area contributed by atoms with Gasteiger partial charge in [-0.15, -0.1) is 0 Å². The summed E-state index contributed by atoms with van der Waals surface area (Å²) in [5.74, 6) is 0.0629. The zero-order valence-corrected chi connectivity index (χ0v) is 13.4. The fourth-order valence-electron chi connectivity index (χ4n) is 2.13. The number of nitrogens with zero attached hydrogens (tertiary/aromatic N) is 2. The zero-order chi connectivity index (χ0) is 15.1. The van der Waals surface area contributed by atoms with E-state index in [1.165, 1.54) is 0 Å². The standard InChI is InChI=1S/C16H27N3O/c1-6-8-17-15-10-13(5)18-11-14(15)16(20)19(9-7-2)12(3)4/h10-12H,6-9H2,1-5H3,(H,17,18). The van der Waals surface area contributed by atoms with E-state index in [1.807, 2.05) is 31.7 Å². The molecule has 0 aliphatic heterocycles. The summed E-state index contributed by atoms with van der Waals surface area (Å²) >= 11 is 0. The van der Waals surface area contributed by atoms with Crippen LogP contribution in [0, 0.1) is 6.92 Å². The van der Waals surface area contributed by atoms with Crippen LogP contribution < -0.4 is 5.32 Å². The van der Waals surface area contributed by atoms with Crippen LogP contribution in [0.25, 0.3) is 0 Å². The molecule has 0 fully saturated rings. The minimum atomic E-state index is 0.0629. The Morgan fingerprint density at radius 1 is 1.35 bits per heavy atom. The fourth-order valence-corrected chi connectivity index (χ4v) is 2.13. The molecule has 1 heterocycles. The lowest BCUT2D eigenvalue weighted by molar-refractivity contribution is 0.0706. The number of rotatable bonds is 7. The first kappa shape index (κ1) is 16.5. The van der Waals surface area contributed by atoms with Crippen LogP contribution >= 0.6 is 0 Å². The molecular weight excluding hydrogens is 250 g/mol. The van der Waals surface area contributed by atoms with Gasteiger partial charge >= 0.3 is 0 Å². The molecule has 0 spiro atoms. The van der Waals surface area contributed by atoms with Crippen LogP contribution in [0.5, 0.6) is 0 Å². The van der Waals surface area contributed by atoms with E-state index in [4.69, 9.17) is 0 Å². The Balaban J connectivity index is 3.06. The summed E-state index contributed by atoms with van der Waals surface area (Å²) in [7, 11) is 0. The summed E-state index contributed by atoms with van der Waals surface area (Å²) in [5, 5.41) is 3.33. The van der Waals surface area contributed by atoms with Gasteiger partial charge in [-0.25, -0.2) is 0 Å². The van der Waals surface area contributed by atoms with Gasteiger partial charge in [0.1, 0.15) is 0 Å². The van der Waals surface area contributed by atoms with Crippen molar-refractivity contribution < 1.29 is 4.79 Å². The van der Waals surface area contributed by atoms with Crippen molar-refractivity contribution >= 4 is 11.6 Å². The predicted octanol–water partition coefficient (Wildman–Crippen LogP) is 3.47. The van der Waals surface area contributed by atoms with E-state index >= 15 is 0 Å². The van der Waals surface area contributed by atoms with Crippen molar-refractivity contribution in [3.8, 4) is 0 Å². The Hall–Kier alpha value is -1.58. The van der Waals surface area contributed by atoms with Gasteiger partial charge in [0.15, 0.2) is 0 Å². The third-order valence-corrected chi connectivity index (χ3v) is 3.19. The number of hydrogen-bond acceptors (Lipinski definition) is 3. The highest BCUT2D eigenvalue weighted by molar-refractivity contribution is 5.99. The second kappa shape index (κ2) is 7.88. The first-order valence-corrected chi connectivity index (χ1v) is 7.52. The van der Waals surface area contributed by atoms with Gasteiger partial charge in [-0.05, 0) is 39.7 Å². The first-order valence-electron chi connectivity index (χ1n) is 7.52. The quantitative estimate of drug-likeness (QED) is 0.830. The topological polar surface area (TPSA) is 45.2 Å². The molecule has 1 aromatic heterocycles. The van der Waals surface area contributed by atoms with E-state index in [0.717, 1.165) is 37.3 Å². The lowest BCUT2D eigenvalue weighted by Crippen LogP contribution is -2.38. The number of amides is 1. The van der Waals surface area contributed by atoms with Crippen LogP contribution in [0.3, 0.4) is 0 Å². The summed E-state index contributed by atoms with van der Waals surface area (Å²) in [5.41, 5.74) is 2.49. The monoisotopic (exact) mass is 277 g/mol. The number of anilines is 1. The van der Waals surface area contributed by atoms with E-state index in [2.05, 4.69) is 24.1 Å². The molecule has 0 radical (unpaired) electrons. The van der Waals surface area contributed by atoms with Crippen LogP contribution in [0.2, 0.25) is 0 Å². The summed E-state index contributed by atoms with van der Waals surface area (Å²) in [6.45, 7) is 11.9. The Bertz CT molecular complexity index is 443. The number of carbonyl (C=O) groups is 1. The SMILES string of the molecule is CCCNc1cc(C)ncc1C(=O)N(CCC)C(C)C. The molecule has 4 heteroatoms. The maximum Gasteiger partial charge on any atom is 0.257 e. The fraction of sp³-hybridized carbons (Fsp3) is 0.625. The molecule has 0 saturated heterocycles. The number of aromatic nitrogens is 1. The highest BCUT2D eigenvalue weighted by Gasteiger charge is 2.21. The highest BCUT2D eigenvalue weighted by Crippen LogP contribution is 2.19. The van der Waals surface area contributed by atoms with E-state index in [9.17, 15) is 4.79 Å². The van der Waals surface area contributed by atoms with Crippen LogP contribution in [0.15, 0.2) is 12.3 Å². The largest absolute Gasteiger partial charge is 0.384 e. The van der Waals surface area contributed by atoms with Gasteiger partial charge in [-0.1, -0.05) is 13.8 Å². The average Bonchev–Trinajstić information content (AvgIpc) is 2.41. The van der Waals surface area contributed by atoms with Gasteiger partial charge in [0.25, 0.3) is 5.91 Å². The Morgan fingerprint density at radius 2 is 2.05 bits per heavy atom. The third-order valence-electron chi connectivity index (χ3n) is 3.19. The number of aryl methyl sites for hydroxylation is 1. The molecule has 0 aliphatic carbocycles. The zero-order valence-electron chi connectivity index (χ0n) is 13.4. The Labute approximate surface area is 122 Å². The number of pyridine rings is 1. The van der Waals surface area contributed by atoms with Crippen molar-refractivity contribution in [2.24, 2.45) is 0 Å². The maximum atomic E-state index is 12.7. The second-order valence-corrected chi connectivity index (χ2v) is 5.39. The van der Waals surface area contributed by atoms with Crippen molar-refractivity contribution in [3.63, 3.8) is 0 Å². The maximum absolute atomic E-state index is 12.7. The molecule has 0 unspecified atom stereocenters. The molecule has 1 aromatic rings. The van der Waals surface area contributed by atoms with Crippen molar-refractivity contribution in [3.05, 3.63) is 23.5 Å². The number of carbonyl (C=O) groups excluding carboxylic acids is 1. The molecule has 0 atom stereocenters. The van der Waals surface area contributed by atoms with Gasteiger partial charge in [0.05, 0.1) is 11.3 Å². The molecule has 0 bridgehead atoms. The summed E-state index contributed by atoms with van der Waals surface area (Å²) < 4.78 is 0. The molecule has 0 aromatic carbocycles. The molecule has 4 nitrogen and oxygen atoms in total. The van der Waals surface area contributed by atoms with Gasteiger partial charge in [-0.2, -0.15) is 0 Å². The van der Waals surface area contributed by atoms with Crippen molar-refractivity contribution in [2.75, 3.05) is 18.4 Å². The van der Waals surface area contributed by atoms with E-state index in [0.29, 0.717) is 5.56 Å². The minimum absolute atomic E-state index is 0.0629. The third kappa shape index (κ3) is 4.22. The van der Waals surface area contributed by atoms with E-state index < -0.39 is 0 Å². The highest BCUT2D eigenvalue weighted by atomic mass is 16.2. The van der Waals surface area contributed by atoms with Crippen LogP contribution in [-0.2, 0) is 0 Å². The molecule has 1 N–H and O–H groups in total. The lowest BCUT2D eigenvalue weighted by Gasteiger charge is -2.27. The summed E-state index contributed by atoms with van der Waals surface area (Å²) in [6.07, 6.45) is 3.68. The molecule has 1 rings (SSSR count). The van der Waals surface area contributed by atoms with Crippen LogP contribution in [0.4, 0.5) is 5.69 Å². The Kier molecular flexibility index (Phi) is 6.49. The second-order valence-electron chi connectivity index (χ2n) is 5.39. The van der Waals surface area contributed by atoms with Crippen molar-refractivity contribution in [1.29, 1.82) is 0 Å². The Morgan fingerprint density at radius 3 is 2.60 bits per heavy atom. The molecule has 20 heavy (non-hydrogen) atoms. The predicted molar refractivity (Wildman–Crippen MR) is 84.2 cm³/mol. The molecule has 0 saturated carbocycles. The summed E-state index contributed by atoms with van der Waals surface area (Å²) in [4.78, 5) is 18.9. The number of nitrogens with one attached hydrogen (secondary N) is 1. The van der Waals surface area contributed by atoms with Crippen molar-refractivity contribution in [2.45, 2.75) is 53.5 Å². The van der Waals surface area contributed by atoms with E-state index in [-0.39, 0.29) is 11.9 Å². The van der Waals surface area contributed by atoms with Gasteiger partial charge in [0, 0.05) is 31.0 Å². The van der Waals surface area contributed by atoms with Crippen LogP contribution in [0.1, 0.15) is 56.6 Å². The smallest absolute Gasteiger partial charge is 0.257 e. The van der Waals surface area contributed by atoms with Crippen LogP contribution in [-0.4, -0.2) is 34.9 Å². The van der Waals surface area contributed by atoms with Crippen molar-refractivity contribution in [1.82, 2.24) is 9.88 Å². The molecule has 112 valence electrons. The van der Waals surface area contributed by atoms with Gasteiger partial charge in [-0.3, -0.25) is 9.78 Å². The number of hydrogen-bond donors (Lipinski definition) is 1. The van der Waals surface area contributed by atoms with E-state index in [1.54, 1.807) is 6.20 Å². The lowest BCUT2D eigenvalue weighted by atomic mass is 10.1. The molecule has 1 amide bonds. The average molecular weight is 277 g/mol. The van der Waals surface area contributed by atoms with Gasteiger partial charge in [0.2, 0.25) is 0 Å². The summed E-state index contributed by atoms with van der Waals surface area (Å²) in [6, 6.07) is 2.15. The minimum Gasteiger partial charge on any atom is -0.384 e. The first-order chi connectivity index (χ1) is 9.51. The molecular formula is C16H27N3O. The van der Waals surface area contributed by atoms with Gasteiger partial charge < -0.3 is 10.2 Å². The normalized spacial score (nSPS) is 10.7. The molecule has 0 aliphatic rings.